The number of carbonyl (C=O) groups excluding carboxylic acids is 1. The van der Waals surface area contributed by atoms with Crippen molar-refractivity contribution in [3.05, 3.63) is 70.6 Å². The fourth-order valence-corrected chi connectivity index (χ4v) is 3.37. The monoisotopic (exact) mass is 375 g/mol. The molecule has 0 spiro atoms. The zero-order valence-corrected chi connectivity index (χ0v) is 16.3. The summed E-state index contributed by atoms with van der Waals surface area (Å²) in [7, 11) is 1.79. The molecule has 0 fully saturated rings. The van der Waals surface area contributed by atoms with Crippen molar-refractivity contribution in [1.29, 1.82) is 0 Å². The van der Waals surface area contributed by atoms with E-state index in [4.69, 9.17) is 8.94 Å². The lowest BCUT2D eigenvalue weighted by Crippen LogP contribution is -2.27. The van der Waals surface area contributed by atoms with E-state index in [1.165, 1.54) is 5.56 Å². The number of hydrogen-bond acceptors (Lipinski definition) is 5. The van der Waals surface area contributed by atoms with Crippen molar-refractivity contribution in [3.63, 3.8) is 0 Å². The number of pyridine rings is 1. The van der Waals surface area contributed by atoms with Crippen molar-refractivity contribution in [1.82, 2.24) is 15.0 Å². The Balaban J connectivity index is 1.74. The first-order valence-corrected chi connectivity index (χ1v) is 9.06. The zero-order valence-electron chi connectivity index (χ0n) is 16.3. The average molecular weight is 375 g/mol. The van der Waals surface area contributed by atoms with Gasteiger partial charge in [-0.3, -0.25) is 4.79 Å². The molecule has 142 valence electrons. The Kier molecular flexibility index (Phi) is 4.47. The van der Waals surface area contributed by atoms with E-state index in [1.54, 1.807) is 43.3 Å². The van der Waals surface area contributed by atoms with Gasteiger partial charge in [0.25, 0.3) is 11.6 Å². The normalized spacial score (nSPS) is 11.1. The van der Waals surface area contributed by atoms with Crippen LogP contribution in [0.3, 0.4) is 0 Å². The first kappa shape index (κ1) is 18.0. The molecule has 0 aliphatic rings. The second-order valence-electron chi connectivity index (χ2n) is 7.07. The van der Waals surface area contributed by atoms with Crippen LogP contribution in [0.1, 0.15) is 32.7 Å². The third kappa shape index (κ3) is 3.17. The minimum Gasteiger partial charge on any atom is -0.463 e. The summed E-state index contributed by atoms with van der Waals surface area (Å²) in [4.78, 5) is 19.5. The molecule has 0 aliphatic carbocycles. The van der Waals surface area contributed by atoms with Gasteiger partial charge in [0.1, 0.15) is 5.69 Å². The van der Waals surface area contributed by atoms with Crippen LogP contribution in [0.4, 0.5) is 0 Å². The zero-order chi connectivity index (χ0) is 19.8. The number of carbonyl (C=O) groups is 1. The van der Waals surface area contributed by atoms with Crippen LogP contribution in [0, 0.1) is 20.8 Å². The number of fused-ring (bicyclic) bond motifs is 1. The van der Waals surface area contributed by atoms with E-state index in [0.29, 0.717) is 40.4 Å². The van der Waals surface area contributed by atoms with E-state index in [1.807, 2.05) is 0 Å². The van der Waals surface area contributed by atoms with Crippen molar-refractivity contribution in [3.8, 4) is 11.5 Å². The molecule has 0 aliphatic heterocycles. The number of aromatic nitrogens is 2. The number of rotatable bonds is 4. The molecular formula is C22H21N3O3. The summed E-state index contributed by atoms with van der Waals surface area (Å²) in [6.45, 7) is 6.44. The largest absolute Gasteiger partial charge is 0.463 e. The highest BCUT2D eigenvalue weighted by Gasteiger charge is 2.22. The van der Waals surface area contributed by atoms with Crippen molar-refractivity contribution in [2.45, 2.75) is 27.3 Å². The lowest BCUT2D eigenvalue weighted by molar-refractivity contribution is 0.0786. The van der Waals surface area contributed by atoms with Gasteiger partial charge in [0.2, 0.25) is 0 Å². The molecule has 0 bridgehead atoms. The Morgan fingerprint density at radius 2 is 1.96 bits per heavy atom. The molecule has 28 heavy (non-hydrogen) atoms. The van der Waals surface area contributed by atoms with Gasteiger partial charge in [0.15, 0.2) is 5.76 Å². The van der Waals surface area contributed by atoms with Gasteiger partial charge in [0.05, 0.1) is 22.9 Å². The maximum Gasteiger partial charge on any atom is 0.259 e. The van der Waals surface area contributed by atoms with Crippen LogP contribution >= 0.6 is 0 Å². The number of aryl methyl sites for hydroxylation is 3. The molecule has 3 heterocycles. The van der Waals surface area contributed by atoms with Gasteiger partial charge in [-0.05, 0) is 50.1 Å². The minimum absolute atomic E-state index is 0.119. The van der Waals surface area contributed by atoms with Gasteiger partial charge in [-0.2, -0.15) is 0 Å². The van der Waals surface area contributed by atoms with Gasteiger partial charge >= 0.3 is 0 Å². The maximum atomic E-state index is 13.3. The number of benzene rings is 1. The van der Waals surface area contributed by atoms with E-state index in [0.717, 1.165) is 11.1 Å². The predicted molar refractivity (Wildman–Crippen MR) is 106 cm³/mol. The number of furan rings is 1. The topological polar surface area (TPSA) is 72.4 Å². The highest BCUT2D eigenvalue weighted by atomic mass is 16.5. The molecule has 4 aromatic rings. The number of hydrogen-bond donors (Lipinski definition) is 0. The van der Waals surface area contributed by atoms with Gasteiger partial charge in [-0.1, -0.05) is 28.9 Å². The Hall–Kier alpha value is -3.41. The summed E-state index contributed by atoms with van der Waals surface area (Å²) in [6.07, 6.45) is 1.57. The quantitative estimate of drug-likeness (QED) is 0.518. The molecule has 0 saturated carbocycles. The van der Waals surface area contributed by atoms with Crippen LogP contribution in [0.25, 0.3) is 22.6 Å². The summed E-state index contributed by atoms with van der Waals surface area (Å²) in [5.74, 6) is 0.452. The van der Waals surface area contributed by atoms with E-state index in [2.05, 4.69) is 42.2 Å². The summed E-state index contributed by atoms with van der Waals surface area (Å²) in [5, 5.41) is 4.62. The third-order valence-corrected chi connectivity index (χ3v) is 4.87. The molecule has 0 saturated heterocycles. The second-order valence-corrected chi connectivity index (χ2v) is 7.07. The molecule has 0 radical (unpaired) electrons. The second kappa shape index (κ2) is 6.96. The maximum absolute atomic E-state index is 13.3. The summed E-state index contributed by atoms with van der Waals surface area (Å²) < 4.78 is 10.8. The molecule has 3 aromatic heterocycles. The van der Waals surface area contributed by atoms with E-state index in [9.17, 15) is 4.79 Å². The highest BCUT2D eigenvalue weighted by molar-refractivity contribution is 6.06. The molecule has 1 amide bonds. The van der Waals surface area contributed by atoms with Crippen LogP contribution in [0.2, 0.25) is 0 Å². The van der Waals surface area contributed by atoms with Crippen molar-refractivity contribution >= 4 is 17.0 Å². The lowest BCUT2D eigenvalue weighted by atomic mass is 10.0. The van der Waals surface area contributed by atoms with Gasteiger partial charge in [-0.25, -0.2) is 4.98 Å². The van der Waals surface area contributed by atoms with E-state index in [-0.39, 0.29) is 5.91 Å². The molecule has 4 rings (SSSR count). The fourth-order valence-electron chi connectivity index (χ4n) is 3.37. The average Bonchev–Trinajstić information content (AvgIpc) is 3.33. The smallest absolute Gasteiger partial charge is 0.259 e. The molecule has 1 aromatic carbocycles. The first-order valence-electron chi connectivity index (χ1n) is 9.06. The van der Waals surface area contributed by atoms with Crippen molar-refractivity contribution in [2.24, 2.45) is 0 Å². The Labute approximate surface area is 162 Å². The van der Waals surface area contributed by atoms with E-state index < -0.39 is 0 Å². The van der Waals surface area contributed by atoms with Crippen LogP contribution in [0.5, 0.6) is 0 Å². The molecule has 6 heteroatoms. The first-order chi connectivity index (χ1) is 13.4. The molecule has 0 N–H and O–H groups in total. The van der Waals surface area contributed by atoms with Gasteiger partial charge in [0, 0.05) is 13.6 Å². The number of amides is 1. The number of nitrogens with zero attached hydrogens (tertiary/aromatic N) is 3. The molecule has 0 atom stereocenters. The van der Waals surface area contributed by atoms with Crippen LogP contribution in [0.15, 0.2) is 51.6 Å². The van der Waals surface area contributed by atoms with Crippen LogP contribution < -0.4 is 0 Å². The highest BCUT2D eigenvalue weighted by Crippen LogP contribution is 2.28. The molecular weight excluding hydrogens is 354 g/mol. The van der Waals surface area contributed by atoms with Crippen LogP contribution in [-0.4, -0.2) is 28.0 Å². The molecule has 0 unspecified atom stereocenters. The Morgan fingerprint density at radius 3 is 2.68 bits per heavy atom. The van der Waals surface area contributed by atoms with Gasteiger partial charge in [-0.15, -0.1) is 0 Å². The SMILES string of the molecule is Cc1ccc(CN(C)C(=O)c2cc(-c3ccco3)nc3onc(C)c23)c(C)c1. The van der Waals surface area contributed by atoms with Crippen LogP contribution in [-0.2, 0) is 6.54 Å². The third-order valence-electron chi connectivity index (χ3n) is 4.87. The minimum atomic E-state index is -0.119. The Morgan fingerprint density at radius 1 is 1.14 bits per heavy atom. The Bertz CT molecular complexity index is 1160. The van der Waals surface area contributed by atoms with Gasteiger partial charge < -0.3 is 13.8 Å². The molecule has 6 nitrogen and oxygen atoms in total. The summed E-state index contributed by atoms with van der Waals surface area (Å²) in [6, 6.07) is 11.6. The van der Waals surface area contributed by atoms with E-state index >= 15 is 0 Å². The fraction of sp³-hybridized carbons (Fsp3) is 0.227. The summed E-state index contributed by atoms with van der Waals surface area (Å²) in [5.41, 5.74) is 5.48. The predicted octanol–water partition coefficient (Wildman–Crippen LogP) is 4.68. The summed E-state index contributed by atoms with van der Waals surface area (Å²) >= 11 is 0. The standard InChI is InChI=1S/C22H21N3O3/c1-13-7-8-16(14(2)10-13)12-25(4)22(26)17-11-18(19-6-5-9-27-19)23-21-20(17)15(3)24-28-21/h5-11H,12H2,1-4H3. The lowest BCUT2D eigenvalue weighted by Gasteiger charge is -2.19. The van der Waals surface area contributed by atoms with Crippen molar-refractivity contribution in [2.75, 3.05) is 7.05 Å². The van der Waals surface area contributed by atoms with Crippen molar-refractivity contribution < 1.29 is 13.7 Å².